The van der Waals surface area contributed by atoms with Gasteiger partial charge in [0.2, 0.25) is 5.13 Å². The number of imidazole rings is 1. The first-order valence-corrected chi connectivity index (χ1v) is 10.7. The van der Waals surface area contributed by atoms with Gasteiger partial charge in [0, 0.05) is 27.2 Å². The van der Waals surface area contributed by atoms with Crippen molar-refractivity contribution >= 4 is 45.4 Å². The summed E-state index contributed by atoms with van der Waals surface area (Å²) in [5.41, 5.74) is -0.209. The Morgan fingerprint density at radius 2 is 1.83 bits per heavy atom. The predicted octanol–water partition coefficient (Wildman–Crippen LogP) is 1.04. The molecular formula is C16H20N8O3S2. The quantitative estimate of drug-likeness (QED) is 0.585. The van der Waals surface area contributed by atoms with E-state index in [1.807, 2.05) is 0 Å². The Balaban J connectivity index is 1.54. The second-order valence-electron chi connectivity index (χ2n) is 6.89. The number of carbonyl (C=O) groups is 1. The number of aromatic nitrogens is 6. The average Bonchev–Trinajstić information content (AvgIpc) is 3.41. The van der Waals surface area contributed by atoms with E-state index in [0.29, 0.717) is 25.8 Å². The molecule has 29 heavy (non-hydrogen) atoms. The SMILES string of the molecule is Cn1c(=O)c2c(nc(Sc3nnc(NC(=O)NC4CCCC4)s3)n2C)n(C)c1=O. The topological polar surface area (TPSA) is 129 Å². The lowest BCUT2D eigenvalue weighted by Crippen LogP contribution is -2.37. The van der Waals surface area contributed by atoms with Gasteiger partial charge in [-0.2, -0.15) is 0 Å². The number of amides is 2. The minimum Gasteiger partial charge on any atom is -0.335 e. The van der Waals surface area contributed by atoms with Crippen LogP contribution < -0.4 is 21.9 Å². The molecule has 0 aliphatic heterocycles. The third kappa shape index (κ3) is 3.67. The summed E-state index contributed by atoms with van der Waals surface area (Å²) in [6.07, 6.45) is 4.27. The highest BCUT2D eigenvalue weighted by Gasteiger charge is 2.20. The molecule has 2 amide bonds. The zero-order chi connectivity index (χ0) is 20.7. The molecule has 4 rings (SSSR count). The van der Waals surface area contributed by atoms with Crippen LogP contribution in [-0.4, -0.2) is 41.0 Å². The molecule has 3 aromatic rings. The highest BCUT2D eigenvalue weighted by Crippen LogP contribution is 2.32. The normalized spacial score (nSPS) is 14.6. The van der Waals surface area contributed by atoms with Crippen LogP contribution in [0.1, 0.15) is 25.7 Å². The molecule has 3 aromatic heterocycles. The number of hydrogen-bond acceptors (Lipinski definition) is 8. The lowest BCUT2D eigenvalue weighted by molar-refractivity contribution is 0.248. The van der Waals surface area contributed by atoms with Crippen molar-refractivity contribution in [1.29, 1.82) is 0 Å². The number of aryl methyl sites for hydroxylation is 2. The highest BCUT2D eigenvalue weighted by molar-refractivity contribution is 8.01. The van der Waals surface area contributed by atoms with Gasteiger partial charge in [0.1, 0.15) is 0 Å². The van der Waals surface area contributed by atoms with Gasteiger partial charge in [-0.1, -0.05) is 24.2 Å². The van der Waals surface area contributed by atoms with Crippen molar-refractivity contribution in [3.8, 4) is 0 Å². The van der Waals surface area contributed by atoms with E-state index in [1.165, 1.54) is 34.7 Å². The van der Waals surface area contributed by atoms with Crippen molar-refractivity contribution in [1.82, 2.24) is 34.2 Å². The second-order valence-corrected chi connectivity index (χ2v) is 9.08. The van der Waals surface area contributed by atoms with Gasteiger partial charge < -0.3 is 9.88 Å². The fourth-order valence-corrected chi connectivity index (χ4v) is 5.06. The molecule has 1 aliphatic rings. The largest absolute Gasteiger partial charge is 0.335 e. The number of hydrogen-bond donors (Lipinski definition) is 2. The lowest BCUT2D eigenvalue weighted by atomic mass is 10.3. The molecule has 1 saturated carbocycles. The molecule has 154 valence electrons. The summed E-state index contributed by atoms with van der Waals surface area (Å²) < 4.78 is 4.57. The van der Waals surface area contributed by atoms with E-state index in [-0.39, 0.29) is 12.1 Å². The van der Waals surface area contributed by atoms with Gasteiger partial charge >= 0.3 is 11.7 Å². The Labute approximate surface area is 173 Å². The lowest BCUT2D eigenvalue weighted by Gasteiger charge is -2.10. The Hall–Kier alpha value is -2.67. The van der Waals surface area contributed by atoms with Gasteiger partial charge in [-0.3, -0.25) is 19.2 Å². The average molecular weight is 437 g/mol. The van der Waals surface area contributed by atoms with Crippen LogP contribution in [0.25, 0.3) is 11.2 Å². The van der Waals surface area contributed by atoms with Crippen LogP contribution in [0.5, 0.6) is 0 Å². The van der Waals surface area contributed by atoms with Crippen LogP contribution in [0.15, 0.2) is 19.1 Å². The van der Waals surface area contributed by atoms with Gasteiger partial charge in [-0.25, -0.2) is 14.6 Å². The van der Waals surface area contributed by atoms with E-state index in [2.05, 4.69) is 25.8 Å². The zero-order valence-corrected chi connectivity index (χ0v) is 17.8. The van der Waals surface area contributed by atoms with Crippen molar-refractivity contribution in [2.75, 3.05) is 5.32 Å². The van der Waals surface area contributed by atoms with Crippen molar-refractivity contribution in [2.45, 2.75) is 41.2 Å². The van der Waals surface area contributed by atoms with E-state index < -0.39 is 11.2 Å². The molecule has 3 heterocycles. The fraction of sp³-hybridized carbons (Fsp3) is 0.500. The monoisotopic (exact) mass is 436 g/mol. The summed E-state index contributed by atoms with van der Waals surface area (Å²) >= 11 is 2.42. The number of rotatable bonds is 4. The number of nitrogens with one attached hydrogen (secondary N) is 2. The van der Waals surface area contributed by atoms with Crippen LogP contribution in [-0.2, 0) is 21.1 Å². The van der Waals surface area contributed by atoms with Crippen LogP contribution >= 0.6 is 23.1 Å². The maximum Gasteiger partial charge on any atom is 0.332 e. The Morgan fingerprint density at radius 3 is 2.55 bits per heavy atom. The molecular weight excluding hydrogens is 416 g/mol. The van der Waals surface area contributed by atoms with Gasteiger partial charge in [0.25, 0.3) is 5.56 Å². The minimum atomic E-state index is -0.437. The molecule has 0 atom stereocenters. The molecule has 0 radical (unpaired) electrons. The van der Waals surface area contributed by atoms with Gasteiger partial charge in [-0.05, 0) is 24.6 Å². The highest BCUT2D eigenvalue weighted by atomic mass is 32.2. The van der Waals surface area contributed by atoms with Crippen LogP contribution in [0.4, 0.5) is 9.93 Å². The summed E-state index contributed by atoms with van der Waals surface area (Å²) in [6, 6.07) is -0.0724. The molecule has 0 unspecified atom stereocenters. The molecule has 1 aliphatic carbocycles. The maximum atomic E-state index is 12.5. The molecule has 2 N–H and O–H groups in total. The van der Waals surface area contributed by atoms with E-state index in [0.717, 1.165) is 30.3 Å². The van der Waals surface area contributed by atoms with Crippen LogP contribution in [0.3, 0.4) is 0 Å². The van der Waals surface area contributed by atoms with E-state index in [4.69, 9.17) is 0 Å². The van der Waals surface area contributed by atoms with Crippen molar-refractivity contribution in [2.24, 2.45) is 21.1 Å². The standard InChI is InChI=1S/C16H20N8O3S2/c1-22-9-10(23(2)16(27)24(3)11(9)25)18-14(22)29-15-21-20-13(28-15)19-12(26)17-8-6-4-5-7-8/h8H,4-7H2,1-3H3,(H2,17,19,20,26). The van der Waals surface area contributed by atoms with Crippen LogP contribution in [0.2, 0.25) is 0 Å². The number of carbonyl (C=O) groups excluding carboxylic acids is 1. The Bertz CT molecular complexity index is 1200. The molecule has 1 fully saturated rings. The predicted molar refractivity (Wildman–Crippen MR) is 110 cm³/mol. The second kappa shape index (κ2) is 7.63. The Kier molecular flexibility index (Phi) is 5.17. The molecule has 0 saturated heterocycles. The van der Waals surface area contributed by atoms with Crippen molar-refractivity contribution in [3.05, 3.63) is 20.8 Å². The molecule has 0 spiro atoms. The van der Waals surface area contributed by atoms with Gasteiger partial charge in [0.15, 0.2) is 20.7 Å². The van der Waals surface area contributed by atoms with Crippen LogP contribution in [0, 0.1) is 0 Å². The Morgan fingerprint density at radius 1 is 1.10 bits per heavy atom. The minimum absolute atomic E-state index is 0.214. The number of urea groups is 1. The maximum absolute atomic E-state index is 12.5. The fourth-order valence-electron chi connectivity index (χ4n) is 3.36. The van der Waals surface area contributed by atoms with Crippen molar-refractivity contribution < 1.29 is 4.79 Å². The summed E-state index contributed by atoms with van der Waals surface area (Å²) in [5.74, 6) is 0. The third-order valence-corrected chi connectivity index (χ3v) is 6.87. The third-order valence-electron chi connectivity index (χ3n) is 4.93. The first kappa shape index (κ1) is 19.6. The van der Waals surface area contributed by atoms with Crippen molar-refractivity contribution in [3.63, 3.8) is 0 Å². The number of nitrogens with zero attached hydrogens (tertiary/aromatic N) is 6. The zero-order valence-electron chi connectivity index (χ0n) is 16.1. The van der Waals surface area contributed by atoms with Gasteiger partial charge in [0.05, 0.1) is 0 Å². The summed E-state index contributed by atoms with van der Waals surface area (Å²) in [7, 11) is 4.71. The summed E-state index contributed by atoms with van der Waals surface area (Å²) in [6.45, 7) is 0. The number of fused-ring (bicyclic) bond motifs is 1. The molecule has 11 nitrogen and oxygen atoms in total. The van der Waals surface area contributed by atoms with Gasteiger partial charge in [-0.15, -0.1) is 10.2 Å². The molecule has 0 aromatic carbocycles. The first-order valence-electron chi connectivity index (χ1n) is 9.06. The van der Waals surface area contributed by atoms with E-state index >= 15 is 0 Å². The molecule has 13 heteroatoms. The molecule has 0 bridgehead atoms. The smallest absolute Gasteiger partial charge is 0.332 e. The summed E-state index contributed by atoms with van der Waals surface area (Å²) in [5, 5.41) is 14.6. The van der Waals surface area contributed by atoms with E-state index in [9.17, 15) is 14.4 Å². The number of anilines is 1. The van der Waals surface area contributed by atoms with E-state index in [1.54, 1.807) is 18.7 Å². The first-order chi connectivity index (χ1) is 13.8. The summed E-state index contributed by atoms with van der Waals surface area (Å²) in [4.78, 5) is 41.1.